The fourth-order valence-electron chi connectivity index (χ4n) is 2.89. The van der Waals surface area contributed by atoms with Gasteiger partial charge >= 0.3 is 0 Å². The Morgan fingerprint density at radius 1 is 1.08 bits per heavy atom. The van der Waals surface area contributed by atoms with Crippen LogP contribution in [-0.2, 0) is 16.1 Å². The molecular formula is C22H29NO3. The molecule has 1 amide bonds. The first-order chi connectivity index (χ1) is 12.4. The van der Waals surface area contributed by atoms with Crippen molar-refractivity contribution in [1.82, 2.24) is 0 Å². The molecule has 1 N–H and O–H groups in total. The molecule has 0 aliphatic rings. The van der Waals surface area contributed by atoms with E-state index >= 15 is 0 Å². The van der Waals surface area contributed by atoms with Crippen LogP contribution < -0.4 is 10.1 Å². The molecule has 0 radical (unpaired) electrons. The van der Waals surface area contributed by atoms with E-state index in [0.717, 1.165) is 28.1 Å². The molecule has 26 heavy (non-hydrogen) atoms. The Bertz CT molecular complexity index is 719. The average Bonchev–Trinajstić information content (AvgIpc) is 2.62. The second-order valence-corrected chi connectivity index (χ2v) is 6.68. The molecule has 140 valence electrons. The van der Waals surface area contributed by atoms with Crippen LogP contribution in [0.25, 0.3) is 0 Å². The van der Waals surface area contributed by atoms with Crippen LogP contribution in [0.4, 0.5) is 5.69 Å². The van der Waals surface area contributed by atoms with Crippen LogP contribution in [0.1, 0.15) is 43.9 Å². The molecule has 0 aliphatic heterocycles. The molecule has 0 unspecified atom stereocenters. The lowest BCUT2D eigenvalue weighted by molar-refractivity contribution is -0.139. The molecule has 0 saturated heterocycles. The van der Waals surface area contributed by atoms with Crippen LogP contribution >= 0.6 is 0 Å². The summed E-state index contributed by atoms with van der Waals surface area (Å²) in [5.41, 5.74) is 3.05. The molecule has 2 aromatic rings. The van der Waals surface area contributed by atoms with Gasteiger partial charge in [-0.15, -0.1) is 0 Å². The van der Waals surface area contributed by atoms with E-state index in [9.17, 15) is 4.79 Å². The van der Waals surface area contributed by atoms with Crippen molar-refractivity contribution in [2.75, 3.05) is 11.9 Å². The minimum atomic E-state index is -0.820. The number of anilines is 1. The molecule has 0 heterocycles. The van der Waals surface area contributed by atoms with Crippen molar-refractivity contribution in [2.45, 2.75) is 53.2 Å². The Labute approximate surface area is 156 Å². The van der Waals surface area contributed by atoms with Gasteiger partial charge in [0.05, 0.1) is 0 Å². The zero-order valence-electron chi connectivity index (χ0n) is 16.4. The standard InChI is InChI=1S/C22H29NO3/c1-6-22(5,26-7-2)21(24)23-19-13-16(3)20(17(4)14-19)25-15-18-11-9-8-10-12-18/h8-14H,6-7,15H2,1-5H3,(H,23,24)/t22-/m1/s1. The normalized spacial score (nSPS) is 13.1. The highest BCUT2D eigenvalue weighted by molar-refractivity contribution is 5.97. The van der Waals surface area contributed by atoms with Crippen molar-refractivity contribution >= 4 is 11.6 Å². The van der Waals surface area contributed by atoms with Crippen molar-refractivity contribution in [3.8, 4) is 5.75 Å². The Morgan fingerprint density at radius 2 is 1.69 bits per heavy atom. The van der Waals surface area contributed by atoms with E-state index in [0.29, 0.717) is 19.6 Å². The summed E-state index contributed by atoms with van der Waals surface area (Å²) in [7, 11) is 0. The van der Waals surface area contributed by atoms with Gasteiger partial charge in [-0.05, 0) is 62.9 Å². The molecule has 0 aliphatic carbocycles. The van der Waals surface area contributed by atoms with E-state index in [4.69, 9.17) is 9.47 Å². The molecule has 0 fully saturated rings. The highest BCUT2D eigenvalue weighted by Crippen LogP contribution is 2.29. The lowest BCUT2D eigenvalue weighted by Crippen LogP contribution is -2.42. The summed E-state index contributed by atoms with van der Waals surface area (Å²) in [5.74, 6) is 0.730. The van der Waals surface area contributed by atoms with Crippen LogP contribution in [0, 0.1) is 13.8 Å². The van der Waals surface area contributed by atoms with Crippen LogP contribution in [0.2, 0.25) is 0 Å². The van der Waals surface area contributed by atoms with Gasteiger partial charge in [0.25, 0.3) is 5.91 Å². The number of hydrogen-bond acceptors (Lipinski definition) is 3. The monoisotopic (exact) mass is 355 g/mol. The minimum Gasteiger partial charge on any atom is -0.488 e. The van der Waals surface area contributed by atoms with Gasteiger partial charge in [0.1, 0.15) is 18.0 Å². The number of amides is 1. The highest BCUT2D eigenvalue weighted by Gasteiger charge is 2.32. The van der Waals surface area contributed by atoms with E-state index < -0.39 is 5.60 Å². The van der Waals surface area contributed by atoms with Crippen molar-refractivity contribution in [2.24, 2.45) is 0 Å². The van der Waals surface area contributed by atoms with E-state index in [2.05, 4.69) is 5.32 Å². The minimum absolute atomic E-state index is 0.126. The third-order valence-electron chi connectivity index (χ3n) is 4.56. The molecule has 2 rings (SSSR count). The molecular weight excluding hydrogens is 326 g/mol. The quantitative estimate of drug-likeness (QED) is 0.723. The first-order valence-corrected chi connectivity index (χ1v) is 9.13. The van der Waals surface area contributed by atoms with Gasteiger partial charge in [0, 0.05) is 12.3 Å². The second kappa shape index (κ2) is 8.86. The average molecular weight is 355 g/mol. The van der Waals surface area contributed by atoms with Gasteiger partial charge in [0.15, 0.2) is 0 Å². The van der Waals surface area contributed by atoms with Gasteiger partial charge in [0.2, 0.25) is 0 Å². The second-order valence-electron chi connectivity index (χ2n) is 6.68. The molecule has 4 nitrogen and oxygen atoms in total. The molecule has 4 heteroatoms. The van der Waals surface area contributed by atoms with E-state index in [1.54, 1.807) is 0 Å². The number of aryl methyl sites for hydroxylation is 2. The Morgan fingerprint density at radius 3 is 2.23 bits per heavy atom. The number of nitrogens with one attached hydrogen (secondary N) is 1. The fraction of sp³-hybridized carbons (Fsp3) is 0.409. The number of ether oxygens (including phenoxy) is 2. The summed E-state index contributed by atoms with van der Waals surface area (Å²) in [5, 5.41) is 2.98. The van der Waals surface area contributed by atoms with Crippen LogP contribution in [0.15, 0.2) is 42.5 Å². The summed E-state index contributed by atoms with van der Waals surface area (Å²) in [6.45, 7) is 10.7. The highest BCUT2D eigenvalue weighted by atomic mass is 16.5. The Hall–Kier alpha value is -2.33. The number of rotatable bonds is 8. The van der Waals surface area contributed by atoms with Crippen molar-refractivity contribution in [3.63, 3.8) is 0 Å². The predicted molar refractivity (Wildman–Crippen MR) is 106 cm³/mol. The summed E-state index contributed by atoms with van der Waals surface area (Å²) < 4.78 is 11.7. The zero-order chi connectivity index (χ0) is 19.2. The SMILES string of the molecule is CCO[C@](C)(CC)C(=O)Nc1cc(C)c(OCc2ccccc2)c(C)c1. The predicted octanol–water partition coefficient (Wildman–Crippen LogP) is 5.03. The maximum atomic E-state index is 12.6. The molecule has 2 aromatic carbocycles. The van der Waals surface area contributed by atoms with E-state index in [-0.39, 0.29) is 5.91 Å². The first kappa shape index (κ1) is 20.0. The van der Waals surface area contributed by atoms with Gasteiger partial charge in [-0.1, -0.05) is 37.3 Å². The van der Waals surface area contributed by atoms with Crippen LogP contribution in [0.5, 0.6) is 5.75 Å². The fourth-order valence-corrected chi connectivity index (χ4v) is 2.89. The topological polar surface area (TPSA) is 47.6 Å². The Kier molecular flexibility index (Phi) is 6.81. The lowest BCUT2D eigenvalue weighted by Gasteiger charge is -2.27. The summed E-state index contributed by atoms with van der Waals surface area (Å²) >= 11 is 0. The zero-order valence-corrected chi connectivity index (χ0v) is 16.4. The largest absolute Gasteiger partial charge is 0.488 e. The molecule has 1 atom stereocenters. The third-order valence-corrected chi connectivity index (χ3v) is 4.56. The maximum absolute atomic E-state index is 12.6. The molecule has 0 saturated carbocycles. The number of carbonyl (C=O) groups excluding carboxylic acids is 1. The number of hydrogen-bond donors (Lipinski definition) is 1. The number of benzene rings is 2. The Balaban J connectivity index is 2.12. The summed E-state index contributed by atoms with van der Waals surface area (Å²) in [6, 6.07) is 13.9. The van der Waals surface area contributed by atoms with E-state index in [1.165, 1.54) is 0 Å². The van der Waals surface area contributed by atoms with Gasteiger partial charge in [-0.2, -0.15) is 0 Å². The smallest absolute Gasteiger partial charge is 0.256 e. The number of carbonyl (C=O) groups is 1. The molecule has 0 bridgehead atoms. The van der Waals surface area contributed by atoms with Gasteiger partial charge < -0.3 is 14.8 Å². The van der Waals surface area contributed by atoms with E-state index in [1.807, 2.05) is 77.1 Å². The van der Waals surface area contributed by atoms with Crippen molar-refractivity contribution in [1.29, 1.82) is 0 Å². The van der Waals surface area contributed by atoms with Gasteiger partial charge in [-0.25, -0.2) is 0 Å². The third kappa shape index (κ3) is 4.85. The van der Waals surface area contributed by atoms with Crippen molar-refractivity contribution in [3.05, 3.63) is 59.2 Å². The molecule has 0 aromatic heterocycles. The summed E-state index contributed by atoms with van der Waals surface area (Å²) in [4.78, 5) is 12.6. The first-order valence-electron chi connectivity index (χ1n) is 9.13. The summed E-state index contributed by atoms with van der Waals surface area (Å²) in [6.07, 6.45) is 0.614. The van der Waals surface area contributed by atoms with Crippen LogP contribution in [0.3, 0.4) is 0 Å². The van der Waals surface area contributed by atoms with Crippen molar-refractivity contribution < 1.29 is 14.3 Å². The lowest BCUT2D eigenvalue weighted by atomic mass is 10.0. The van der Waals surface area contributed by atoms with Gasteiger partial charge in [-0.3, -0.25) is 4.79 Å². The molecule has 0 spiro atoms. The maximum Gasteiger partial charge on any atom is 0.256 e. The van der Waals surface area contributed by atoms with Crippen LogP contribution in [-0.4, -0.2) is 18.1 Å².